The number of ether oxygens (including phenoxy) is 2. The maximum atomic E-state index is 12.9. The summed E-state index contributed by atoms with van der Waals surface area (Å²) in [5.74, 6) is -0.00406. The maximum absolute atomic E-state index is 12.9. The van der Waals surface area contributed by atoms with Gasteiger partial charge in [0.25, 0.3) is 5.91 Å². The molecule has 9 nitrogen and oxygen atoms in total. The fourth-order valence-electron chi connectivity index (χ4n) is 3.95. The van der Waals surface area contributed by atoms with Gasteiger partial charge in [-0.15, -0.1) is 0 Å². The molecule has 2 aliphatic rings. The number of pyridine rings is 1. The van der Waals surface area contributed by atoms with Crippen molar-refractivity contribution < 1.29 is 23.9 Å². The predicted octanol–water partition coefficient (Wildman–Crippen LogP) is 3.10. The average Bonchev–Trinajstić information content (AvgIpc) is 3.26. The van der Waals surface area contributed by atoms with E-state index >= 15 is 0 Å². The van der Waals surface area contributed by atoms with Gasteiger partial charge in [-0.1, -0.05) is 6.07 Å². The number of carbonyl (C=O) groups is 3. The minimum atomic E-state index is -0.519. The number of nitrogens with zero attached hydrogens (tertiary/aromatic N) is 2. The fourth-order valence-corrected chi connectivity index (χ4v) is 3.95. The van der Waals surface area contributed by atoms with E-state index in [2.05, 4.69) is 15.6 Å². The van der Waals surface area contributed by atoms with Gasteiger partial charge in [0.05, 0.1) is 5.92 Å². The Bertz CT molecular complexity index is 1250. The van der Waals surface area contributed by atoms with Crippen LogP contribution in [0.25, 0.3) is 0 Å². The first-order valence-corrected chi connectivity index (χ1v) is 10.9. The van der Waals surface area contributed by atoms with E-state index in [0.29, 0.717) is 47.3 Å². The molecule has 1 aromatic heterocycles. The number of anilines is 3. The van der Waals surface area contributed by atoms with E-state index in [1.54, 1.807) is 71.9 Å². The van der Waals surface area contributed by atoms with Crippen LogP contribution in [0.4, 0.5) is 17.1 Å². The third-order valence-corrected chi connectivity index (χ3v) is 5.66. The molecular weight excluding hydrogens is 436 g/mol. The van der Waals surface area contributed by atoms with Gasteiger partial charge in [0.2, 0.25) is 11.8 Å². The van der Waals surface area contributed by atoms with E-state index in [0.717, 1.165) is 0 Å². The van der Waals surface area contributed by atoms with E-state index in [-0.39, 0.29) is 30.7 Å². The molecule has 5 rings (SSSR count). The molecule has 0 bridgehead atoms. The van der Waals surface area contributed by atoms with Crippen molar-refractivity contribution in [3.8, 4) is 11.5 Å². The monoisotopic (exact) mass is 458 g/mol. The third kappa shape index (κ3) is 4.54. The lowest BCUT2D eigenvalue weighted by molar-refractivity contribution is -0.122. The summed E-state index contributed by atoms with van der Waals surface area (Å²) in [6.45, 7) is 1.20. The molecule has 0 saturated carbocycles. The zero-order chi connectivity index (χ0) is 23.5. The molecule has 1 saturated heterocycles. The molecule has 3 aromatic rings. The lowest BCUT2D eigenvalue weighted by atomic mass is 10.1. The first-order chi connectivity index (χ1) is 16.6. The summed E-state index contributed by atoms with van der Waals surface area (Å²) in [6.07, 6.45) is 3.27. The van der Waals surface area contributed by atoms with Gasteiger partial charge < -0.3 is 25.0 Å². The van der Waals surface area contributed by atoms with Crippen LogP contribution < -0.4 is 25.0 Å². The number of aromatic nitrogens is 1. The molecule has 0 spiro atoms. The highest BCUT2D eigenvalue weighted by Gasteiger charge is 2.35. The van der Waals surface area contributed by atoms with Crippen molar-refractivity contribution in [2.45, 2.75) is 6.42 Å². The molecule has 3 heterocycles. The molecule has 172 valence electrons. The first kappa shape index (κ1) is 21.4. The summed E-state index contributed by atoms with van der Waals surface area (Å²) < 4.78 is 11.1. The highest BCUT2D eigenvalue weighted by atomic mass is 16.6. The van der Waals surface area contributed by atoms with Gasteiger partial charge in [0.15, 0.2) is 11.5 Å². The van der Waals surface area contributed by atoms with Crippen LogP contribution in [0.15, 0.2) is 67.0 Å². The lowest BCUT2D eigenvalue weighted by Gasteiger charge is -2.22. The number of nitrogens with one attached hydrogen (secondary N) is 2. The Morgan fingerprint density at radius 2 is 1.71 bits per heavy atom. The molecule has 0 radical (unpaired) electrons. The Labute approximate surface area is 195 Å². The van der Waals surface area contributed by atoms with Crippen LogP contribution in [-0.2, 0) is 9.59 Å². The minimum Gasteiger partial charge on any atom is -0.486 e. The van der Waals surface area contributed by atoms with E-state index in [4.69, 9.17) is 9.47 Å². The average molecular weight is 458 g/mol. The summed E-state index contributed by atoms with van der Waals surface area (Å²) in [7, 11) is 0. The number of rotatable bonds is 5. The van der Waals surface area contributed by atoms with E-state index in [1.165, 1.54) is 0 Å². The van der Waals surface area contributed by atoms with Gasteiger partial charge in [-0.05, 0) is 42.5 Å². The molecular formula is C25H22N4O5. The number of benzene rings is 2. The minimum absolute atomic E-state index is 0.0997. The Morgan fingerprint density at radius 1 is 0.912 bits per heavy atom. The predicted molar refractivity (Wildman–Crippen MR) is 125 cm³/mol. The smallest absolute Gasteiger partial charge is 0.255 e. The Hall–Kier alpha value is -4.40. The molecule has 1 fully saturated rings. The van der Waals surface area contributed by atoms with Crippen LogP contribution in [0.1, 0.15) is 16.8 Å². The standard InChI is InChI=1S/C25H22N4O5/c30-23-13-17(15-29(23)20-4-5-21-22(14-20)34-11-10-33-21)25(32)28-19-3-1-2-16(12-19)24(31)27-18-6-8-26-9-7-18/h1-9,12,14,17H,10-11,13,15H2,(H,28,32)(H,26,27,31). The molecule has 1 unspecified atom stereocenters. The summed E-state index contributed by atoms with van der Waals surface area (Å²) in [6, 6.07) is 15.4. The summed E-state index contributed by atoms with van der Waals surface area (Å²) in [5.41, 5.74) is 2.17. The molecule has 0 aliphatic carbocycles. The highest BCUT2D eigenvalue weighted by molar-refractivity contribution is 6.06. The van der Waals surface area contributed by atoms with Gasteiger partial charge in [0.1, 0.15) is 13.2 Å². The van der Waals surface area contributed by atoms with E-state index < -0.39 is 5.92 Å². The molecule has 3 amide bonds. The normalized spacial score (nSPS) is 16.8. The second-order valence-corrected chi connectivity index (χ2v) is 7.99. The molecule has 2 aliphatic heterocycles. The van der Waals surface area contributed by atoms with Crippen molar-refractivity contribution in [2.24, 2.45) is 5.92 Å². The lowest BCUT2D eigenvalue weighted by Crippen LogP contribution is -2.28. The summed E-state index contributed by atoms with van der Waals surface area (Å²) in [4.78, 5) is 43.6. The quantitative estimate of drug-likeness (QED) is 0.608. The van der Waals surface area contributed by atoms with Crippen LogP contribution in [0, 0.1) is 5.92 Å². The number of hydrogen-bond acceptors (Lipinski definition) is 6. The topological polar surface area (TPSA) is 110 Å². The second kappa shape index (κ2) is 9.22. The molecule has 34 heavy (non-hydrogen) atoms. The molecule has 9 heteroatoms. The van der Waals surface area contributed by atoms with Crippen LogP contribution in [0.2, 0.25) is 0 Å². The van der Waals surface area contributed by atoms with E-state index in [1.807, 2.05) is 0 Å². The molecule has 2 aromatic carbocycles. The SMILES string of the molecule is O=C(Nc1ccncc1)c1cccc(NC(=O)C2CC(=O)N(c3ccc4c(c3)OCCO4)C2)c1. The highest BCUT2D eigenvalue weighted by Crippen LogP contribution is 2.36. The van der Waals surface area contributed by atoms with Gasteiger partial charge in [-0.25, -0.2) is 0 Å². The zero-order valence-corrected chi connectivity index (χ0v) is 18.2. The van der Waals surface area contributed by atoms with Crippen LogP contribution in [-0.4, -0.2) is 42.5 Å². The number of hydrogen-bond donors (Lipinski definition) is 2. The van der Waals surface area contributed by atoms with Crippen molar-refractivity contribution in [1.29, 1.82) is 0 Å². The second-order valence-electron chi connectivity index (χ2n) is 7.99. The molecule has 1 atom stereocenters. The Kier molecular flexibility index (Phi) is 5.82. The zero-order valence-electron chi connectivity index (χ0n) is 18.2. The number of carbonyl (C=O) groups excluding carboxylic acids is 3. The molecule has 2 N–H and O–H groups in total. The Morgan fingerprint density at radius 3 is 2.53 bits per heavy atom. The van der Waals surface area contributed by atoms with Gasteiger partial charge >= 0.3 is 0 Å². The van der Waals surface area contributed by atoms with Gasteiger partial charge in [0, 0.05) is 54.1 Å². The van der Waals surface area contributed by atoms with Crippen molar-refractivity contribution >= 4 is 34.8 Å². The maximum Gasteiger partial charge on any atom is 0.255 e. The van der Waals surface area contributed by atoms with Gasteiger partial charge in [-0.2, -0.15) is 0 Å². The van der Waals surface area contributed by atoms with Crippen LogP contribution >= 0.6 is 0 Å². The van der Waals surface area contributed by atoms with Crippen molar-refractivity contribution in [1.82, 2.24) is 4.98 Å². The van der Waals surface area contributed by atoms with E-state index in [9.17, 15) is 14.4 Å². The third-order valence-electron chi connectivity index (χ3n) is 5.66. The Balaban J connectivity index is 1.24. The summed E-state index contributed by atoms with van der Waals surface area (Å²) in [5, 5.41) is 5.62. The summed E-state index contributed by atoms with van der Waals surface area (Å²) >= 11 is 0. The first-order valence-electron chi connectivity index (χ1n) is 10.9. The largest absolute Gasteiger partial charge is 0.486 e. The van der Waals surface area contributed by atoms with Crippen LogP contribution in [0.3, 0.4) is 0 Å². The van der Waals surface area contributed by atoms with Crippen LogP contribution in [0.5, 0.6) is 11.5 Å². The number of amides is 3. The fraction of sp³-hybridized carbons (Fsp3) is 0.200. The van der Waals surface area contributed by atoms with Gasteiger partial charge in [-0.3, -0.25) is 19.4 Å². The van der Waals surface area contributed by atoms with Crippen molar-refractivity contribution in [3.05, 3.63) is 72.6 Å². The number of fused-ring (bicyclic) bond motifs is 1. The van der Waals surface area contributed by atoms with Crippen molar-refractivity contribution in [2.75, 3.05) is 35.3 Å². The van der Waals surface area contributed by atoms with Crippen molar-refractivity contribution in [3.63, 3.8) is 0 Å².